The minimum absolute atomic E-state index is 0.0546. The Morgan fingerprint density at radius 3 is 2.76 bits per heavy atom. The standard InChI is InChI=1S/C12H23N3O2/c1-3-4-11(16)14-8-12(17)15-10-5-6-13-7-9(10)2/h9-10,13H,3-8H2,1-2H3,(H,14,16)(H,15,17). The van der Waals surface area contributed by atoms with Gasteiger partial charge in [-0.15, -0.1) is 0 Å². The number of hydrogen-bond acceptors (Lipinski definition) is 3. The van der Waals surface area contributed by atoms with Crippen molar-refractivity contribution in [1.29, 1.82) is 0 Å². The second-order valence-corrected chi connectivity index (χ2v) is 4.67. The van der Waals surface area contributed by atoms with Crippen LogP contribution in [0.5, 0.6) is 0 Å². The maximum atomic E-state index is 11.6. The molecule has 1 fully saturated rings. The van der Waals surface area contributed by atoms with E-state index in [1.54, 1.807) is 0 Å². The lowest BCUT2D eigenvalue weighted by Crippen LogP contribution is -2.50. The Balaban J connectivity index is 2.22. The van der Waals surface area contributed by atoms with Crippen LogP contribution in [-0.4, -0.2) is 37.5 Å². The molecule has 1 saturated heterocycles. The van der Waals surface area contributed by atoms with Gasteiger partial charge in [0.05, 0.1) is 6.54 Å². The number of hydrogen-bond donors (Lipinski definition) is 3. The summed E-state index contributed by atoms with van der Waals surface area (Å²) in [6.45, 7) is 6.03. The number of amides is 2. The number of carbonyl (C=O) groups is 2. The summed E-state index contributed by atoms with van der Waals surface area (Å²) in [5.74, 6) is 0.299. The van der Waals surface area contributed by atoms with Gasteiger partial charge in [0.15, 0.2) is 0 Å². The molecular weight excluding hydrogens is 218 g/mol. The zero-order chi connectivity index (χ0) is 12.7. The van der Waals surface area contributed by atoms with Gasteiger partial charge in [0.25, 0.3) is 0 Å². The molecule has 1 heterocycles. The largest absolute Gasteiger partial charge is 0.351 e. The molecule has 0 aromatic heterocycles. The van der Waals surface area contributed by atoms with Crippen LogP contribution < -0.4 is 16.0 Å². The molecular formula is C12H23N3O2. The van der Waals surface area contributed by atoms with Gasteiger partial charge in [0, 0.05) is 12.5 Å². The normalized spacial score (nSPS) is 24.1. The van der Waals surface area contributed by atoms with Crippen molar-refractivity contribution in [2.45, 2.75) is 39.2 Å². The van der Waals surface area contributed by atoms with E-state index in [9.17, 15) is 9.59 Å². The highest BCUT2D eigenvalue weighted by Crippen LogP contribution is 2.09. The van der Waals surface area contributed by atoms with Crippen LogP contribution in [0.2, 0.25) is 0 Å². The van der Waals surface area contributed by atoms with Gasteiger partial charge in [-0.05, 0) is 31.8 Å². The van der Waals surface area contributed by atoms with E-state index >= 15 is 0 Å². The first kappa shape index (κ1) is 14.0. The molecule has 17 heavy (non-hydrogen) atoms. The molecule has 1 aliphatic heterocycles. The summed E-state index contributed by atoms with van der Waals surface area (Å²) in [6, 6.07) is 0.229. The molecule has 1 rings (SSSR count). The van der Waals surface area contributed by atoms with Gasteiger partial charge in [-0.3, -0.25) is 9.59 Å². The van der Waals surface area contributed by atoms with Crippen molar-refractivity contribution in [2.24, 2.45) is 5.92 Å². The maximum Gasteiger partial charge on any atom is 0.239 e. The molecule has 0 aromatic rings. The molecule has 0 bridgehead atoms. The fourth-order valence-corrected chi connectivity index (χ4v) is 1.98. The first-order valence-electron chi connectivity index (χ1n) is 6.40. The van der Waals surface area contributed by atoms with Crippen molar-refractivity contribution >= 4 is 11.8 Å². The summed E-state index contributed by atoms with van der Waals surface area (Å²) in [5, 5.41) is 8.88. The van der Waals surface area contributed by atoms with Crippen molar-refractivity contribution in [1.82, 2.24) is 16.0 Å². The van der Waals surface area contributed by atoms with Gasteiger partial charge in [-0.2, -0.15) is 0 Å². The minimum Gasteiger partial charge on any atom is -0.351 e. The summed E-state index contributed by atoms with van der Waals surface area (Å²) in [5.41, 5.74) is 0. The Labute approximate surface area is 103 Å². The SMILES string of the molecule is CCCC(=O)NCC(=O)NC1CCNCC1C. The average Bonchev–Trinajstić information content (AvgIpc) is 2.30. The first-order chi connectivity index (χ1) is 8.13. The van der Waals surface area contributed by atoms with E-state index in [0.29, 0.717) is 12.3 Å². The molecule has 2 amide bonds. The van der Waals surface area contributed by atoms with Crippen molar-refractivity contribution in [3.8, 4) is 0 Å². The molecule has 0 aromatic carbocycles. The quantitative estimate of drug-likeness (QED) is 0.635. The van der Waals surface area contributed by atoms with Crippen LogP contribution in [-0.2, 0) is 9.59 Å². The van der Waals surface area contributed by atoms with E-state index in [-0.39, 0.29) is 24.4 Å². The Kier molecular flexibility index (Phi) is 5.97. The maximum absolute atomic E-state index is 11.6. The van der Waals surface area contributed by atoms with Crippen LogP contribution >= 0.6 is 0 Å². The fourth-order valence-electron chi connectivity index (χ4n) is 1.98. The van der Waals surface area contributed by atoms with Gasteiger partial charge in [0.2, 0.25) is 11.8 Å². The summed E-state index contributed by atoms with van der Waals surface area (Å²) >= 11 is 0. The van der Waals surface area contributed by atoms with Crippen LogP contribution in [0.25, 0.3) is 0 Å². The molecule has 0 radical (unpaired) electrons. The van der Waals surface area contributed by atoms with Gasteiger partial charge in [-0.1, -0.05) is 13.8 Å². The van der Waals surface area contributed by atoms with Crippen LogP contribution in [0, 0.1) is 5.92 Å². The summed E-state index contributed by atoms with van der Waals surface area (Å²) in [4.78, 5) is 22.8. The number of nitrogens with one attached hydrogen (secondary N) is 3. The van der Waals surface area contributed by atoms with E-state index in [0.717, 1.165) is 25.9 Å². The summed E-state index contributed by atoms with van der Waals surface area (Å²) in [7, 11) is 0. The Hall–Kier alpha value is -1.10. The van der Waals surface area contributed by atoms with Crippen LogP contribution in [0.15, 0.2) is 0 Å². The molecule has 1 aliphatic rings. The molecule has 0 aliphatic carbocycles. The van der Waals surface area contributed by atoms with Crippen LogP contribution in [0.4, 0.5) is 0 Å². The highest BCUT2D eigenvalue weighted by Gasteiger charge is 2.22. The first-order valence-corrected chi connectivity index (χ1v) is 6.40. The molecule has 0 spiro atoms. The van der Waals surface area contributed by atoms with Crippen molar-refractivity contribution < 1.29 is 9.59 Å². The average molecular weight is 241 g/mol. The Morgan fingerprint density at radius 1 is 1.35 bits per heavy atom. The van der Waals surface area contributed by atoms with E-state index in [1.807, 2.05) is 6.92 Å². The van der Waals surface area contributed by atoms with E-state index in [1.165, 1.54) is 0 Å². The fraction of sp³-hybridized carbons (Fsp3) is 0.833. The summed E-state index contributed by atoms with van der Waals surface area (Å²) in [6.07, 6.45) is 2.24. The molecule has 2 atom stereocenters. The van der Waals surface area contributed by atoms with Crippen LogP contribution in [0.1, 0.15) is 33.1 Å². The predicted molar refractivity (Wildman–Crippen MR) is 66.5 cm³/mol. The Bertz CT molecular complexity index is 268. The third kappa shape index (κ3) is 5.17. The molecule has 0 saturated carbocycles. The molecule has 2 unspecified atom stereocenters. The molecule has 98 valence electrons. The zero-order valence-corrected chi connectivity index (χ0v) is 10.7. The lowest BCUT2D eigenvalue weighted by Gasteiger charge is -2.30. The smallest absolute Gasteiger partial charge is 0.239 e. The highest BCUT2D eigenvalue weighted by molar-refractivity contribution is 5.84. The van der Waals surface area contributed by atoms with E-state index < -0.39 is 0 Å². The van der Waals surface area contributed by atoms with E-state index in [4.69, 9.17) is 0 Å². The zero-order valence-electron chi connectivity index (χ0n) is 10.7. The van der Waals surface area contributed by atoms with Gasteiger partial charge < -0.3 is 16.0 Å². The molecule has 3 N–H and O–H groups in total. The number of piperidine rings is 1. The lowest BCUT2D eigenvalue weighted by atomic mass is 9.95. The van der Waals surface area contributed by atoms with Crippen molar-refractivity contribution in [2.75, 3.05) is 19.6 Å². The number of carbonyl (C=O) groups excluding carboxylic acids is 2. The lowest BCUT2D eigenvalue weighted by molar-refractivity contribution is -0.126. The third-order valence-corrected chi connectivity index (χ3v) is 3.05. The van der Waals surface area contributed by atoms with Crippen molar-refractivity contribution in [3.05, 3.63) is 0 Å². The van der Waals surface area contributed by atoms with Gasteiger partial charge in [0.1, 0.15) is 0 Å². The van der Waals surface area contributed by atoms with Crippen LogP contribution in [0.3, 0.4) is 0 Å². The minimum atomic E-state index is -0.0896. The molecule has 5 heteroatoms. The topological polar surface area (TPSA) is 70.2 Å². The third-order valence-electron chi connectivity index (χ3n) is 3.05. The second kappa shape index (κ2) is 7.27. The predicted octanol–water partition coefficient (Wildman–Crippen LogP) is 0.0169. The van der Waals surface area contributed by atoms with Gasteiger partial charge >= 0.3 is 0 Å². The second-order valence-electron chi connectivity index (χ2n) is 4.67. The Morgan fingerprint density at radius 2 is 2.12 bits per heavy atom. The monoisotopic (exact) mass is 241 g/mol. The summed E-state index contributed by atoms with van der Waals surface area (Å²) < 4.78 is 0. The van der Waals surface area contributed by atoms with Gasteiger partial charge in [-0.25, -0.2) is 0 Å². The number of rotatable bonds is 5. The van der Waals surface area contributed by atoms with E-state index in [2.05, 4.69) is 22.9 Å². The van der Waals surface area contributed by atoms with Crippen molar-refractivity contribution in [3.63, 3.8) is 0 Å². The molecule has 5 nitrogen and oxygen atoms in total. The highest BCUT2D eigenvalue weighted by atomic mass is 16.2.